The predicted molar refractivity (Wildman–Crippen MR) is 103 cm³/mol. The molecule has 0 aromatic heterocycles. The molecule has 0 atom stereocenters. The van der Waals surface area contributed by atoms with E-state index >= 15 is 0 Å². The molecule has 1 aliphatic rings. The Bertz CT molecular complexity index is 401. The van der Waals surface area contributed by atoms with Crippen LogP contribution < -0.4 is 0 Å². The van der Waals surface area contributed by atoms with Gasteiger partial charge >= 0.3 is 0 Å². The van der Waals surface area contributed by atoms with Crippen LogP contribution in [0.2, 0.25) is 0 Å². The van der Waals surface area contributed by atoms with Gasteiger partial charge in [-0.15, -0.1) is 0 Å². The van der Waals surface area contributed by atoms with Crippen molar-refractivity contribution in [2.75, 3.05) is 39.8 Å². The zero-order chi connectivity index (χ0) is 13.7. The highest BCUT2D eigenvalue weighted by molar-refractivity contribution is 5.67. The van der Waals surface area contributed by atoms with Crippen LogP contribution in [-0.4, -0.2) is 49.6 Å². The Morgan fingerprint density at radius 1 is 1.00 bits per heavy atom. The van der Waals surface area contributed by atoms with E-state index in [2.05, 4.69) is 67.1 Å². The van der Waals surface area contributed by atoms with E-state index in [9.17, 15) is 0 Å². The van der Waals surface area contributed by atoms with Crippen LogP contribution in [0.3, 0.4) is 0 Å². The summed E-state index contributed by atoms with van der Waals surface area (Å²) in [5.74, 6) is 0.600. The maximum absolute atomic E-state index is 2.57. The van der Waals surface area contributed by atoms with E-state index in [1.807, 2.05) is 0 Å². The number of hydrogen-bond acceptors (Lipinski definition) is 2. The molecule has 1 aromatic rings. The average Bonchev–Trinajstić information content (AvgIpc) is 2.41. The Morgan fingerprint density at radius 3 is 2.05 bits per heavy atom. The summed E-state index contributed by atoms with van der Waals surface area (Å²) in [6, 6.07) is 10.8. The number of benzene rings is 1. The molecule has 0 saturated carbocycles. The first-order valence-corrected chi connectivity index (χ1v) is 7.32. The molecule has 1 aliphatic heterocycles. The summed E-state index contributed by atoms with van der Waals surface area (Å²) in [7, 11) is 2.21. The molecule has 2 rings (SSSR count). The molecule has 1 saturated heterocycles. The Labute approximate surface area is 139 Å². The summed E-state index contributed by atoms with van der Waals surface area (Å²) in [4.78, 5) is 4.98. The Kier molecular flexibility index (Phi) is 12.0. The van der Waals surface area contributed by atoms with Crippen LogP contribution in [0.5, 0.6) is 0 Å². The van der Waals surface area contributed by atoms with Crippen LogP contribution in [0.15, 0.2) is 36.4 Å². The van der Waals surface area contributed by atoms with Gasteiger partial charge in [0.2, 0.25) is 0 Å². The smallest absolute Gasteiger partial charge is 0.0237 e. The summed E-state index contributed by atoms with van der Waals surface area (Å²) < 4.78 is 0. The van der Waals surface area contributed by atoms with Gasteiger partial charge in [0.1, 0.15) is 0 Å². The van der Waals surface area contributed by atoms with Gasteiger partial charge in [0, 0.05) is 32.7 Å². The summed E-state index contributed by atoms with van der Waals surface area (Å²) in [6.45, 7) is 10.3. The number of piperazine rings is 1. The third-order valence-corrected chi connectivity index (χ3v) is 3.67. The molecule has 2 nitrogen and oxygen atoms in total. The second-order valence-corrected chi connectivity index (χ2v) is 5.88. The zero-order valence-corrected chi connectivity index (χ0v) is 12.5. The van der Waals surface area contributed by atoms with Gasteiger partial charge < -0.3 is 4.90 Å². The quantitative estimate of drug-likeness (QED) is 0.782. The first-order valence-electron chi connectivity index (χ1n) is 7.32. The minimum Gasteiger partial charge on any atom is -0.304 e. The molecular weight excluding hydrogens is 268 g/mol. The lowest BCUT2D eigenvalue weighted by Crippen LogP contribution is -2.44. The number of nitrogens with zero attached hydrogens (tertiary/aromatic N) is 2. The van der Waals surface area contributed by atoms with Crippen molar-refractivity contribution in [1.29, 1.82) is 0 Å². The van der Waals surface area contributed by atoms with Crippen LogP contribution in [0.1, 0.15) is 41.7 Å². The third-order valence-electron chi connectivity index (χ3n) is 3.67. The van der Waals surface area contributed by atoms with Crippen LogP contribution in [0.4, 0.5) is 0 Å². The number of hydrogen-bond donors (Lipinski definition) is 0. The molecule has 22 heavy (non-hydrogen) atoms. The third kappa shape index (κ3) is 7.24. The SMILES string of the molecule is C.C.C.CC(C)/C=C(/CN1CCN(C)CC1)c1ccccc1. The average molecular weight is 307 g/mol. The van der Waals surface area contributed by atoms with Crippen LogP contribution in [0.25, 0.3) is 5.57 Å². The summed E-state index contributed by atoms with van der Waals surface area (Å²) in [5.41, 5.74) is 2.84. The highest BCUT2D eigenvalue weighted by Gasteiger charge is 2.15. The van der Waals surface area contributed by atoms with E-state index in [0.717, 1.165) is 6.54 Å². The molecule has 0 unspecified atom stereocenters. The topological polar surface area (TPSA) is 6.48 Å². The highest BCUT2D eigenvalue weighted by Crippen LogP contribution is 2.18. The maximum Gasteiger partial charge on any atom is 0.0237 e. The second kappa shape index (κ2) is 11.4. The molecule has 0 aliphatic carbocycles. The molecule has 0 amide bonds. The second-order valence-electron chi connectivity index (χ2n) is 5.88. The fraction of sp³-hybridized carbons (Fsp3) is 0.600. The van der Waals surface area contributed by atoms with Gasteiger partial charge in [0.05, 0.1) is 0 Å². The van der Waals surface area contributed by atoms with Gasteiger partial charge in [0.25, 0.3) is 0 Å². The van der Waals surface area contributed by atoms with E-state index in [0.29, 0.717) is 5.92 Å². The number of allylic oxidation sites excluding steroid dienone is 1. The summed E-state index contributed by atoms with van der Waals surface area (Å²) in [5, 5.41) is 0. The molecule has 0 spiro atoms. The fourth-order valence-electron chi connectivity index (χ4n) is 2.54. The van der Waals surface area contributed by atoms with Gasteiger partial charge in [-0.2, -0.15) is 0 Å². The van der Waals surface area contributed by atoms with Crippen molar-refractivity contribution in [2.24, 2.45) is 5.92 Å². The predicted octanol–water partition coefficient (Wildman–Crippen LogP) is 4.88. The van der Waals surface area contributed by atoms with E-state index < -0.39 is 0 Å². The molecule has 128 valence electrons. The molecule has 0 bridgehead atoms. The van der Waals surface area contributed by atoms with Gasteiger partial charge in [0.15, 0.2) is 0 Å². The zero-order valence-electron chi connectivity index (χ0n) is 12.5. The normalized spacial score (nSPS) is 16.5. The summed E-state index contributed by atoms with van der Waals surface area (Å²) in [6.07, 6.45) is 2.41. The minimum atomic E-state index is 0. The van der Waals surface area contributed by atoms with Crippen molar-refractivity contribution >= 4 is 5.57 Å². The fourth-order valence-corrected chi connectivity index (χ4v) is 2.54. The lowest BCUT2D eigenvalue weighted by atomic mass is 10.0. The lowest BCUT2D eigenvalue weighted by Gasteiger charge is -2.33. The van der Waals surface area contributed by atoms with Crippen molar-refractivity contribution < 1.29 is 0 Å². The molecule has 1 aromatic carbocycles. The number of likely N-dealkylation sites (N-methyl/N-ethyl adjacent to an activating group) is 1. The van der Waals surface area contributed by atoms with E-state index in [1.165, 1.54) is 37.3 Å². The van der Waals surface area contributed by atoms with Crippen LogP contribution >= 0.6 is 0 Å². The van der Waals surface area contributed by atoms with Crippen LogP contribution in [0, 0.1) is 5.92 Å². The van der Waals surface area contributed by atoms with Crippen molar-refractivity contribution in [3.63, 3.8) is 0 Å². The van der Waals surface area contributed by atoms with Crippen molar-refractivity contribution in [2.45, 2.75) is 36.1 Å². The van der Waals surface area contributed by atoms with Gasteiger partial charge in [-0.1, -0.05) is 72.5 Å². The van der Waals surface area contributed by atoms with Crippen molar-refractivity contribution in [3.05, 3.63) is 42.0 Å². The maximum atomic E-state index is 2.57. The minimum absolute atomic E-state index is 0. The van der Waals surface area contributed by atoms with Crippen LogP contribution in [-0.2, 0) is 0 Å². The first-order chi connectivity index (χ1) is 9.15. The highest BCUT2D eigenvalue weighted by atomic mass is 15.2. The van der Waals surface area contributed by atoms with E-state index in [-0.39, 0.29) is 22.3 Å². The first kappa shape index (κ1) is 23.2. The number of rotatable bonds is 4. The molecule has 0 N–H and O–H groups in total. The van der Waals surface area contributed by atoms with Crippen molar-refractivity contribution in [3.8, 4) is 0 Å². The molecular formula is C20H38N2. The van der Waals surface area contributed by atoms with Gasteiger partial charge in [-0.05, 0) is 24.1 Å². The largest absolute Gasteiger partial charge is 0.304 e. The van der Waals surface area contributed by atoms with E-state index in [4.69, 9.17) is 0 Å². The monoisotopic (exact) mass is 306 g/mol. The van der Waals surface area contributed by atoms with Crippen molar-refractivity contribution in [1.82, 2.24) is 9.80 Å². The molecule has 0 radical (unpaired) electrons. The standard InChI is InChI=1S/C17H26N2.3CH4/c1-15(2)13-17(16-7-5-4-6-8-16)14-19-11-9-18(3)10-12-19;;;/h4-8,13,15H,9-12,14H2,1-3H3;3*1H4/b17-13-;;;. The lowest BCUT2D eigenvalue weighted by molar-refractivity contribution is 0.168. The molecule has 1 fully saturated rings. The Balaban J connectivity index is 0. The van der Waals surface area contributed by atoms with E-state index in [1.54, 1.807) is 0 Å². The van der Waals surface area contributed by atoms with Gasteiger partial charge in [-0.3, -0.25) is 4.90 Å². The Hall–Kier alpha value is -1.12. The molecule has 1 heterocycles. The Morgan fingerprint density at radius 2 is 1.55 bits per heavy atom. The van der Waals surface area contributed by atoms with Gasteiger partial charge in [-0.25, -0.2) is 0 Å². The molecule has 2 heteroatoms. The summed E-state index contributed by atoms with van der Waals surface area (Å²) >= 11 is 0.